The van der Waals surface area contributed by atoms with Crippen LogP contribution in [0.5, 0.6) is 11.5 Å². The molecule has 0 aliphatic carbocycles. The van der Waals surface area contributed by atoms with Crippen LogP contribution >= 0.6 is 0 Å². The highest BCUT2D eigenvalue weighted by atomic mass is 16.7. The van der Waals surface area contributed by atoms with Crippen molar-refractivity contribution < 1.29 is 28.9 Å². The lowest BCUT2D eigenvalue weighted by Gasteiger charge is -2.12. The van der Waals surface area contributed by atoms with Crippen LogP contribution in [0.3, 0.4) is 0 Å². The second-order valence-electron chi connectivity index (χ2n) is 6.51. The number of fused-ring (bicyclic) bond motifs is 1. The molecule has 1 aliphatic heterocycles. The van der Waals surface area contributed by atoms with Crippen molar-refractivity contribution in [2.45, 2.75) is 32.4 Å². The molecule has 3 rings (SSSR count). The smallest absolute Gasteiger partial charge is 0.331 e. The zero-order valence-electron chi connectivity index (χ0n) is 16.4. The predicted molar refractivity (Wildman–Crippen MR) is 108 cm³/mol. The van der Waals surface area contributed by atoms with Gasteiger partial charge in [0.05, 0.1) is 0 Å². The first-order chi connectivity index (χ1) is 13.8. The van der Waals surface area contributed by atoms with Gasteiger partial charge in [-0.1, -0.05) is 36.4 Å². The van der Waals surface area contributed by atoms with E-state index in [0.717, 1.165) is 17.7 Å². The Labute approximate surface area is 169 Å². The highest BCUT2D eigenvalue weighted by Crippen LogP contribution is 2.32. The monoisotopic (exact) mass is 399 g/mol. The van der Waals surface area contributed by atoms with Crippen molar-refractivity contribution in [1.82, 2.24) is 0 Å². The minimum atomic E-state index is -1.19. The van der Waals surface area contributed by atoms with Gasteiger partial charge < -0.3 is 25.1 Å². The highest BCUT2D eigenvalue weighted by molar-refractivity contribution is 5.90. The Kier molecular flexibility index (Phi) is 8.24. The molecule has 0 amide bonds. The number of hydrogen-bond donors (Lipinski definition) is 2. The van der Waals surface area contributed by atoms with Crippen molar-refractivity contribution in [3.05, 3.63) is 71.8 Å². The summed E-state index contributed by atoms with van der Waals surface area (Å²) < 4.78 is 15.5. The summed E-state index contributed by atoms with van der Waals surface area (Å²) in [5.41, 5.74) is 7.75. The third kappa shape index (κ3) is 7.67. The number of carbonyl (C=O) groups is 2. The van der Waals surface area contributed by atoms with E-state index in [1.54, 1.807) is 13.0 Å². The number of aliphatic carboxylic acids is 1. The summed E-state index contributed by atoms with van der Waals surface area (Å²) >= 11 is 0. The predicted octanol–water partition coefficient (Wildman–Crippen LogP) is 3.24. The van der Waals surface area contributed by atoms with Gasteiger partial charge in [-0.2, -0.15) is 0 Å². The molecule has 3 N–H and O–H groups in total. The van der Waals surface area contributed by atoms with Gasteiger partial charge in [0.2, 0.25) is 6.79 Å². The number of nitrogens with two attached hydrogens (primary N) is 1. The molecular formula is C22H25NO6. The Hall–Kier alpha value is -3.32. The zero-order chi connectivity index (χ0) is 21.2. The molecule has 0 unspecified atom stereocenters. The average Bonchev–Trinajstić information content (AvgIpc) is 3.15. The second kappa shape index (κ2) is 10.9. The lowest BCUT2D eigenvalue weighted by Crippen LogP contribution is -2.16. The minimum absolute atomic E-state index is 0.159. The van der Waals surface area contributed by atoms with Gasteiger partial charge in [0.1, 0.15) is 6.10 Å². The van der Waals surface area contributed by atoms with Crippen LogP contribution in [0.4, 0.5) is 0 Å². The maximum atomic E-state index is 11.3. The van der Waals surface area contributed by atoms with E-state index < -0.39 is 11.9 Å². The Morgan fingerprint density at radius 2 is 1.79 bits per heavy atom. The molecule has 2 aromatic rings. The fourth-order valence-electron chi connectivity index (χ4n) is 2.58. The largest absolute Gasteiger partial charge is 0.478 e. The molecule has 0 spiro atoms. The SMILES string of the molecule is C[C@@H](Cc1ccc2c(c1)OCO2)OC(=O)/C=C\C(=O)O.C[C@@H](N)c1ccccc1. The first kappa shape index (κ1) is 22.0. The topological polar surface area (TPSA) is 108 Å². The quantitative estimate of drug-likeness (QED) is 0.567. The van der Waals surface area contributed by atoms with Gasteiger partial charge in [-0.3, -0.25) is 0 Å². The summed E-state index contributed by atoms with van der Waals surface area (Å²) in [4.78, 5) is 21.6. The molecule has 2 aromatic carbocycles. The molecule has 0 fully saturated rings. The van der Waals surface area contributed by atoms with Gasteiger partial charge in [0, 0.05) is 24.6 Å². The van der Waals surface area contributed by atoms with E-state index in [0.29, 0.717) is 17.9 Å². The van der Waals surface area contributed by atoms with Gasteiger partial charge in [-0.25, -0.2) is 9.59 Å². The molecule has 0 bridgehead atoms. The summed E-state index contributed by atoms with van der Waals surface area (Å²) in [6.45, 7) is 3.93. The van der Waals surface area contributed by atoms with Crippen LogP contribution in [0.2, 0.25) is 0 Å². The molecule has 0 radical (unpaired) electrons. The third-order valence-corrected chi connectivity index (χ3v) is 3.96. The Bertz CT molecular complexity index is 848. The summed E-state index contributed by atoms with van der Waals surface area (Å²) in [7, 11) is 0. The lowest BCUT2D eigenvalue weighted by atomic mass is 10.1. The molecule has 29 heavy (non-hydrogen) atoms. The maximum Gasteiger partial charge on any atom is 0.331 e. The van der Waals surface area contributed by atoms with Crippen LogP contribution in [0.25, 0.3) is 0 Å². The van der Waals surface area contributed by atoms with E-state index in [-0.39, 0.29) is 18.9 Å². The Morgan fingerprint density at radius 3 is 2.41 bits per heavy atom. The summed E-state index contributed by atoms with van der Waals surface area (Å²) in [6, 6.07) is 15.7. The number of rotatable bonds is 6. The van der Waals surface area contributed by atoms with E-state index in [9.17, 15) is 9.59 Å². The third-order valence-electron chi connectivity index (χ3n) is 3.96. The van der Waals surface area contributed by atoms with Crippen LogP contribution < -0.4 is 15.2 Å². The van der Waals surface area contributed by atoms with Crippen molar-refractivity contribution >= 4 is 11.9 Å². The first-order valence-corrected chi connectivity index (χ1v) is 9.16. The van der Waals surface area contributed by atoms with Crippen LogP contribution in [-0.2, 0) is 20.7 Å². The molecule has 2 atom stereocenters. The molecule has 1 heterocycles. The number of carbonyl (C=O) groups excluding carboxylic acids is 1. The fourth-order valence-corrected chi connectivity index (χ4v) is 2.58. The normalized spacial score (nSPS) is 13.9. The summed E-state index contributed by atoms with van der Waals surface area (Å²) in [5, 5.41) is 8.40. The van der Waals surface area contributed by atoms with E-state index in [2.05, 4.69) is 0 Å². The van der Waals surface area contributed by atoms with Crippen LogP contribution in [-0.4, -0.2) is 29.9 Å². The molecule has 7 heteroatoms. The van der Waals surface area contributed by atoms with E-state index in [4.69, 9.17) is 25.1 Å². The molecule has 1 aliphatic rings. The summed E-state index contributed by atoms with van der Waals surface area (Å²) in [5.74, 6) is -0.499. The fraction of sp³-hybridized carbons (Fsp3) is 0.273. The number of ether oxygens (including phenoxy) is 3. The van der Waals surface area contributed by atoms with E-state index in [1.807, 2.05) is 49.4 Å². The lowest BCUT2D eigenvalue weighted by molar-refractivity contribution is -0.142. The molecule has 154 valence electrons. The molecule has 0 saturated heterocycles. The van der Waals surface area contributed by atoms with Gasteiger partial charge in [0.25, 0.3) is 0 Å². The van der Waals surface area contributed by atoms with Crippen LogP contribution in [0.15, 0.2) is 60.7 Å². The molecular weight excluding hydrogens is 374 g/mol. The number of hydrogen-bond acceptors (Lipinski definition) is 6. The maximum absolute atomic E-state index is 11.3. The van der Waals surface area contributed by atoms with E-state index in [1.165, 1.54) is 5.56 Å². The molecule has 0 aromatic heterocycles. The first-order valence-electron chi connectivity index (χ1n) is 9.16. The average molecular weight is 399 g/mol. The van der Waals surface area contributed by atoms with Gasteiger partial charge in [0.15, 0.2) is 11.5 Å². The van der Waals surface area contributed by atoms with Gasteiger partial charge >= 0.3 is 11.9 Å². The highest BCUT2D eigenvalue weighted by Gasteiger charge is 2.15. The number of esters is 1. The molecule has 0 saturated carbocycles. The molecule has 7 nitrogen and oxygen atoms in total. The van der Waals surface area contributed by atoms with Crippen molar-refractivity contribution in [1.29, 1.82) is 0 Å². The Morgan fingerprint density at radius 1 is 1.10 bits per heavy atom. The van der Waals surface area contributed by atoms with Gasteiger partial charge in [-0.15, -0.1) is 0 Å². The van der Waals surface area contributed by atoms with Crippen molar-refractivity contribution in [2.24, 2.45) is 5.73 Å². The standard InChI is InChI=1S/C14H14O6.C8H11N/c1-9(20-14(17)5-4-13(15)16)6-10-2-3-11-12(7-10)19-8-18-11;1-7(9)8-5-3-2-4-6-8/h2-5,7,9H,6,8H2,1H3,(H,15,16);2-7H,9H2,1H3/b5-4-;/t9-;7-/m01/s1. The number of carboxylic acid groups (broad SMARTS) is 1. The Balaban J connectivity index is 0.000000278. The second-order valence-corrected chi connectivity index (χ2v) is 6.51. The number of benzene rings is 2. The van der Waals surface area contributed by atoms with Gasteiger partial charge in [-0.05, 0) is 37.1 Å². The van der Waals surface area contributed by atoms with Crippen molar-refractivity contribution in [3.63, 3.8) is 0 Å². The number of carboxylic acids is 1. The van der Waals surface area contributed by atoms with Crippen LogP contribution in [0, 0.1) is 0 Å². The minimum Gasteiger partial charge on any atom is -0.478 e. The van der Waals surface area contributed by atoms with E-state index >= 15 is 0 Å². The van der Waals surface area contributed by atoms with Crippen LogP contribution in [0.1, 0.15) is 31.0 Å². The van der Waals surface area contributed by atoms with Crippen molar-refractivity contribution in [2.75, 3.05) is 6.79 Å². The zero-order valence-corrected chi connectivity index (χ0v) is 16.4. The summed E-state index contributed by atoms with van der Waals surface area (Å²) in [6.07, 6.45) is 1.76. The van der Waals surface area contributed by atoms with Crippen molar-refractivity contribution in [3.8, 4) is 11.5 Å².